The highest BCUT2D eigenvalue weighted by Gasteiger charge is 2.08. The van der Waals surface area contributed by atoms with E-state index in [4.69, 9.17) is 9.47 Å². The van der Waals surface area contributed by atoms with E-state index in [1.807, 2.05) is 42.5 Å². The lowest BCUT2D eigenvalue weighted by molar-refractivity contribution is -0.123. The van der Waals surface area contributed by atoms with Gasteiger partial charge in [-0.05, 0) is 55.7 Å². The number of hydrogen-bond donors (Lipinski definition) is 1. The number of nitrogens with one attached hydrogen (secondary N) is 1. The van der Waals surface area contributed by atoms with E-state index in [0.29, 0.717) is 11.5 Å². The van der Waals surface area contributed by atoms with Crippen molar-refractivity contribution in [1.29, 1.82) is 0 Å². The maximum Gasteiger partial charge on any atom is 0.277 e. The zero-order chi connectivity index (χ0) is 21.1. The summed E-state index contributed by atoms with van der Waals surface area (Å²) >= 11 is 0. The Balaban J connectivity index is 1.86. The molecule has 2 aromatic rings. The Hall–Kier alpha value is -3.28. The van der Waals surface area contributed by atoms with Crippen LogP contribution in [0, 0.1) is 0 Å². The molecule has 0 radical (unpaired) electrons. The second-order valence-corrected chi connectivity index (χ2v) is 6.32. The van der Waals surface area contributed by atoms with Crippen LogP contribution < -0.4 is 19.8 Å². The molecule has 0 saturated carbocycles. The highest BCUT2D eigenvalue weighted by Crippen LogP contribution is 2.28. The van der Waals surface area contributed by atoms with Crippen LogP contribution in [-0.4, -0.2) is 38.9 Å². The maximum atomic E-state index is 12.0. The number of hydrogen-bond acceptors (Lipinski definition) is 5. The highest BCUT2D eigenvalue weighted by molar-refractivity contribution is 5.83. The monoisotopic (exact) mass is 395 g/mol. The molecule has 154 valence electrons. The van der Waals surface area contributed by atoms with Crippen molar-refractivity contribution in [2.24, 2.45) is 5.10 Å². The molecule has 2 rings (SSSR count). The summed E-state index contributed by atoms with van der Waals surface area (Å²) in [7, 11) is 1.57. The van der Waals surface area contributed by atoms with E-state index >= 15 is 0 Å². The Labute approximate surface area is 172 Å². The zero-order valence-electron chi connectivity index (χ0n) is 17.4. The molecule has 29 heavy (non-hydrogen) atoms. The maximum absolute atomic E-state index is 12.0. The number of carbonyl (C=O) groups is 1. The molecule has 6 heteroatoms. The largest absolute Gasteiger partial charge is 0.493 e. The highest BCUT2D eigenvalue weighted by atomic mass is 16.5. The van der Waals surface area contributed by atoms with Gasteiger partial charge in [-0.3, -0.25) is 4.79 Å². The molecule has 1 amide bonds. The minimum atomic E-state index is -0.349. The second kappa shape index (κ2) is 11.5. The van der Waals surface area contributed by atoms with Crippen LogP contribution in [0.5, 0.6) is 11.5 Å². The molecule has 0 heterocycles. The number of nitrogens with zero attached hydrogens (tertiary/aromatic N) is 2. The third-order valence-corrected chi connectivity index (χ3v) is 4.39. The number of allylic oxidation sites excluding steroid dienone is 1. The predicted octanol–water partition coefficient (Wildman–Crippen LogP) is 3.80. The molecular weight excluding hydrogens is 366 g/mol. The van der Waals surface area contributed by atoms with Gasteiger partial charge in [0.2, 0.25) is 0 Å². The van der Waals surface area contributed by atoms with Gasteiger partial charge < -0.3 is 14.4 Å². The molecule has 0 atom stereocenters. The van der Waals surface area contributed by atoms with Gasteiger partial charge in [0.25, 0.3) is 5.91 Å². The molecule has 0 spiro atoms. The van der Waals surface area contributed by atoms with E-state index in [2.05, 4.69) is 35.9 Å². The number of ether oxygens (including phenoxy) is 2. The molecule has 0 saturated heterocycles. The Bertz CT molecular complexity index is 828. The first kappa shape index (κ1) is 22.0. The van der Waals surface area contributed by atoms with Gasteiger partial charge in [0.15, 0.2) is 18.1 Å². The number of carbonyl (C=O) groups excluding carboxylic acids is 1. The molecule has 0 aliphatic carbocycles. The van der Waals surface area contributed by atoms with Crippen LogP contribution >= 0.6 is 0 Å². The van der Waals surface area contributed by atoms with Crippen molar-refractivity contribution in [3.05, 3.63) is 66.2 Å². The number of amides is 1. The van der Waals surface area contributed by atoms with Gasteiger partial charge in [-0.15, -0.1) is 6.58 Å². The fourth-order valence-electron chi connectivity index (χ4n) is 2.84. The average molecular weight is 396 g/mol. The van der Waals surface area contributed by atoms with Crippen LogP contribution in [0.3, 0.4) is 0 Å². The van der Waals surface area contributed by atoms with Crippen molar-refractivity contribution in [2.45, 2.75) is 20.3 Å². The summed E-state index contributed by atoms with van der Waals surface area (Å²) in [4.78, 5) is 14.2. The van der Waals surface area contributed by atoms with Crippen molar-refractivity contribution in [2.75, 3.05) is 31.7 Å². The first-order valence-corrected chi connectivity index (χ1v) is 9.68. The Kier molecular flexibility index (Phi) is 8.76. The number of methoxy groups -OCH3 is 1. The summed E-state index contributed by atoms with van der Waals surface area (Å²) < 4.78 is 10.9. The van der Waals surface area contributed by atoms with Gasteiger partial charge in [-0.2, -0.15) is 5.10 Å². The molecule has 0 aliphatic heterocycles. The number of hydrazone groups is 1. The molecule has 0 fully saturated rings. The topological polar surface area (TPSA) is 63.2 Å². The first-order chi connectivity index (χ1) is 14.1. The smallest absolute Gasteiger partial charge is 0.277 e. The Morgan fingerprint density at radius 2 is 1.86 bits per heavy atom. The third-order valence-electron chi connectivity index (χ3n) is 4.39. The minimum Gasteiger partial charge on any atom is -0.493 e. The molecule has 0 aliphatic rings. The van der Waals surface area contributed by atoms with Gasteiger partial charge in [-0.25, -0.2) is 5.43 Å². The summed E-state index contributed by atoms with van der Waals surface area (Å²) in [6.45, 7) is 9.74. The lowest BCUT2D eigenvalue weighted by atomic mass is 10.1. The standard InChI is InChI=1S/C23H29N3O3/c1-5-8-18-11-14-21(22(15-18)28-4)29-17-23(27)25-24-16-19-9-12-20(13-10-19)26(6-2)7-3/h5,9-16H,1,6-8,17H2,2-4H3,(H,25,27)/b24-16+. The SMILES string of the molecule is C=CCc1ccc(OCC(=O)N/N=C/c2ccc(N(CC)CC)cc2)c(OC)c1. The predicted molar refractivity (Wildman–Crippen MR) is 118 cm³/mol. The van der Waals surface area contributed by atoms with Crippen LogP contribution in [0.4, 0.5) is 5.69 Å². The summed E-state index contributed by atoms with van der Waals surface area (Å²) in [5.41, 5.74) is 5.60. The quantitative estimate of drug-likeness (QED) is 0.357. The molecule has 6 nitrogen and oxygen atoms in total. The molecular formula is C23H29N3O3. The van der Waals surface area contributed by atoms with Gasteiger partial charge in [0, 0.05) is 18.8 Å². The van der Waals surface area contributed by atoms with E-state index in [0.717, 1.165) is 36.3 Å². The first-order valence-electron chi connectivity index (χ1n) is 9.68. The van der Waals surface area contributed by atoms with E-state index in [1.54, 1.807) is 19.4 Å². The lowest BCUT2D eigenvalue weighted by Gasteiger charge is -2.20. The van der Waals surface area contributed by atoms with E-state index in [-0.39, 0.29) is 12.5 Å². The normalized spacial score (nSPS) is 10.6. The zero-order valence-corrected chi connectivity index (χ0v) is 17.4. The fourth-order valence-corrected chi connectivity index (χ4v) is 2.84. The summed E-state index contributed by atoms with van der Waals surface area (Å²) in [6.07, 6.45) is 4.16. The summed E-state index contributed by atoms with van der Waals surface area (Å²) in [6, 6.07) is 13.6. The van der Waals surface area contributed by atoms with E-state index < -0.39 is 0 Å². The lowest BCUT2D eigenvalue weighted by Crippen LogP contribution is -2.24. The van der Waals surface area contributed by atoms with Crippen molar-refractivity contribution >= 4 is 17.8 Å². The van der Waals surface area contributed by atoms with Crippen LogP contribution in [0.25, 0.3) is 0 Å². The van der Waals surface area contributed by atoms with E-state index in [9.17, 15) is 4.79 Å². The van der Waals surface area contributed by atoms with E-state index in [1.165, 1.54) is 0 Å². The van der Waals surface area contributed by atoms with Crippen LogP contribution in [0.1, 0.15) is 25.0 Å². The third kappa shape index (κ3) is 6.68. The Morgan fingerprint density at radius 1 is 1.14 bits per heavy atom. The van der Waals surface area contributed by atoms with Gasteiger partial charge in [0.1, 0.15) is 0 Å². The second-order valence-electron chi connectivity index (χ2n) is 6.32. The minimum absolute atomic E-state index is 0.157. The van der Waals surface area contributed by atoms with Crippen molar-refractivity contribution in [3.8, 4) is 11.5 Å². The molecule has 2 aromatic carbocycles. The van der Waals surface area contributed by atoms with Crippen molar-refractivity contribution in [1.82, 2.24) is 5.43 Å². The summed E-state index contributed by atoms with van der Waals surface area (Å²) in [5, 5.41) is 3.99. The summed E-state index contributed by atoms with van der Waals surface area (Å²) in [5.74, 6) is 0.735. The molecule has 1 N–H and O–H groups in total. The molecule has 0 aromatic heterocycles. The van der Waals surface area contributed by atoms with Crippen molar-refractivity contribution in [3.63, 3.8) is 0 Å². The number of rotatable bonds is 11. The Morgan fingerprint density at radius 3 is 2.48 bits per heavy atom. The van der Waals surface area contributed by atoms with Gasteiger partial charge in [0.05, 0.1) is 13.3 Å². The fraction of sp³-hybridized carbons (Fsp3) is 0.304. The number of benzene rings is 2. The molecule has 0 bridgehead atoms. The van der Waals surface area contributed by atoms with Crippen LogP contribution in [0.15, 0.2) is 60.2 Å². The van der Waals surface area contributed by atoms with Crippen LogP contribution in [-0.2, 0) is 11.2 Å². The molecule has 0 unspecified atom stereocenters. The van der Waals surface area contributed by atoms with Crippen LogP contribution in [0.2, 0.25) is 0 Å². The van der Waals surface area contributed by atoms with Crippen molar-refractivity contribution < 1.29 is 14.3 Å². The van der Waals surface area contributed by atoms with Gasteiger partial charge in [-0.1, -0.05) is 24.3 Å². The average Bonchev–Trinajstić information content (AvgIpc) is 2.75. The number of anilines is 1. The van der Waals surface area contributed by atoms with Gasteiger partial charge >= 0.3 is 0 Å².